The van der Waals surface area contributed by atoms with Crippen LogP contribution in [0.25, 0.3) is 32.3 Å². The van der Waals surface area contributed by atoms with Crippen LogP contribution in [0.15, 0.2) is 78.9 Å². The third-order valence-electron chi connectivity index (χ3n) is 5.68. The van der Waals surface area contributed by atoms with Crippen LogP contribution in [0.2, 0.25) is 0 Å². The van der Waals surface area contributed by atoms with Gasteiger partial charge in [0.2, 0.25) is 0 Å². The van der Waals surface area contributed by atoms with Crippen molar-refractivity contribution in [3.8, 4) is 6.07 Å². The van der Waals surface area contributed by atoms with Gasteiger partial charge < -0.3 is 4.74 Å². The molecule has 5 rings (SSSR count). The number of hydrogen-bond acceptors (Lipinski definition) is 3. The van der Waals surface area contributed by atoms with E-state index < -0.39 is 0 Å². The van der Waals surface area contributed by atoms with Gasteiger partial charge in [-0.05, 0) is 69.1 Å². The van der Waals surface area contributed by atoms with Crippen molar-refractivity contribution in [3.63, 3.8) is 0 Å². The molecule has 0 saturated heterocycles. The van der Waals surface area contributed by atoms with Gasteiger partial charge in [0, 0.05) is 6.42 Å². The lowest BCUT2D eigenvalue weighted by molar-refractivity contribution is 0.0343. The molecule has 1 unspecified atom stereocenters. The van der Waals surface area contributed by atoms with Crippen LogP contribution in [0.1, 0.15) is 28.4 Å². The van der Waals surface area contributed by atoms with Crippen LogP contribution in [0, 0.1) is 11.3 Å². The first kappa shape index (κ1) is 18.1. The van der Waals surface area contributed by atoms with Crippen molar-refractivity contribution >= 4 is 38.3 Å². The second kappa shape index (κ2) is 7.17. The van der Waals surface area contributed by atoms with Gasteiger partial charge in [0.25, 0.3) is 0 Å². The molecule has 0 aliphatic rings. The molecule has 0 radical (unpaired) electrons. The van der Waals surface area contributed by atoms with Crippen molar-refractivity contribution in [2.45, 2.75) is 19.4 Å². The zero-order valence-corrected chi connectivity index (χ0v) is 16.6. The number of carbonyl (C=O) groups excluding carboxylic acids is 1. The number of rotatable bonds is 4. The van der Waals surface area contributed by atoms with Crippen LogP contribution in [-0.4, -0.2) is 12.1 Å². The van der Waals surface area contributed by atoms with Gasteiger partial charge in [0.15, 0.2) is 0 Å². The molecule has 0 spiro atoms. The zero-order valence-electron chi connectivity index (χ0n) is 16.6. The predicted molar refractivity (Wildman–Crippen MR) is 120 cm³/mol. The second-order valence-electron chi connectivity index (χ2n) is 7.69. The molecule has 0 aromatic heterocycles. The van der Waals surface area contributed by atoms with Crippen LogP contribution in [-0.2, 0) is 11.2 Å². The van der Waals surface area contributed by atoms with Gasteiger partial charge in [-0.2, -0.15) is 5.26 Å². The van der Waals surface area contributed by atoms with E-state index in [-0.39, 0.29) is 12.1 Å². The van der Waals surface area contributed by atoms with E-state index in [1.54, 1.807) is 24.3 Å². The van der Waals surface area contributed by atoms with Gasteiger partial charge in [0.05, 0.1) is 17.2 Å². The summed E-state index contributed by atoms with van der Waals surface area (Å²) in [6.45, 7) is 1.92. The Morgan fingerprint density at radius 2 is 1.50 bits per heavy atom. The molecule has 5 aromatic rings. The lowest BCUT2D eigenvalue weighted by Crippen LogP contribution is -2.17. The molecule has 1 atom stereocenters. The number of hydrogen-bond donors (Lipinski definition) is 0. The van der Waals surface area contributed by atoms with E-state index >= 15 is 0 Å². The Labute approximate surface area is 174 Å². The second-order valence-corrected chi connectivity index (χ2v) is 7.69. The lowest BCUT2D eigenvalue weighted by atomic mass is 9.90. The van der Waals surface area contributed by atoms with E-state index in [9.17, 15) is 4.79 Å². The summed E-state index contributed by atoms with van der Waals surface area (Å²) in [5.41, 5.74) is 2.14. The minimum absolute atomic E-state index is 0.272. The first-order chi connectivity index (χ1) is 14.6. The fourth-order valence-corrected chi connectivity index (χ4v) is 4.26. The number of carbonyl (C=O) groups is 1. The summed E-state index contributed by atoms with van der Waals surface area (Å²) in [4.78, 5) is 12.5. The van der Waals surface area contributed by atoms with E-state index in [1.807, 2.05) is 6.92 Å². The zero-order chi connectivity index (χ0) is 20.7. The summed E-state index contributed by atoms with van der Waals surface area (Å²) in [6.07, 6.45) is 0.363. The third-order valence-corrected chi connectivity index (χ3v) is 5.68. The Bertz CT molecular complexity index is 1410. The molecule has 5 aromatic carbocycles. The van der Waals surface area contributed by atoms with Gasteiger partial charge >= 0.3 is 5.97 Å². The highest BCUT2D eigenvalue weighted by atomic mass is 16.5. The smallest absolute Gasteiger partial charge is 0.338 e. The Morgan fingerprint density at radius 1 is 0.867 bits per heavy atom. The topological polar surface area (TPSA) is 50.1 Å². The van der Waals surface area contributed by atoms with Crippen molar-refractivity contribution in [1.82, 2.24) is 0 Å². The van der Waals surface area contributed by atoms with Crippen molar-refractivity contribution in [3.05, 3.63) is 95.6 Å². The molecule has 144 valence electrons. The Kier molecular flexibility index (Phi) is 4.34. The van der Waals surface area contributed by atoms with Crippen molar-refractivity contribution in [2.24, 2.45) is 0 Å². The molecule has 30 heavy (non-hydrogen) atoms. The molecule has 0 bridgehead atoms. The monoisotopic (exact) mass is 389 g/mol. The predicted octanol–water partition coefficient (Wildman–Crippen LogP) is 6.24. The summed E-state index contributed by atoms with van der Waals surface area (Å²) < 4.78 is 5.68. The number of nitrogens with zero attached hydrogens (tertiary/aromatic N) is 1. The summed E-state index contributed by atoms with van der Waals surface area (Å²) in [7, 11) is 0. The molecule has 0 saturated carbocycles. The third kappa shape index (κ3) is 3.03. The van der Waals surface area contributed by atoms with E-state index in [2.05, 4.69) is 60.7 Å². The van der Waals surface area contributed by atoms with Gasteiger partial charge in [-0.15, -0.1) is 0 Å². The lowest BCUT2D eigenvalue weighted by Gasteiger charge is -2.17. The van der Waals surface area contributed by atoms with Crippen LogP contribution in [0.3, 0.4) is 0 Å². The highest BCUT2D eigenvalue weighted by Gasteiger charge is 2.16. The highest BCUT2D eigenvalue weighted by molar-refractivity contribution is 6.23. The van der Waals surface area contributed by atoms with Crippen molar-refractivity contribution in [2.75, 3.05) is 0 Å². The van der Waals surface area contributed by atoms with Crippen molar-refractivity contribution < 1.29 is 9.53 Å². The Hall–Kier alpha value is -3.90. The van der Waals surface area contributed by atoms with Gasteiger partial charge in [-0.1, -0.05) is 54.6 Å². The summed E-state index contributed by atoms with van der Waals surface area (Å²) in [6, 6.07) is 27.9. The van der Waals surface area contributed by atoms with Crippen molar-refractivity contribution in [1.29, 1.82) is 5.26 Å². The normalized spacial score (nSPS) is 12.3. The van der Waals surface area contributed by atoms with E-state index in [4.69, 9.17) is 10.00 Å². The first-order valence-electron chi connectivity index (χ1n) is 10.0. The maximum absolute atomic E-state index is 12.5. The molecule has 0 heterocycles. The molecular formula is C27H19NO2. The quantitative estimate of drug-likeness (QED) is 0.270. The number of esters is 1. The largest absolute Gasteiger partial charge is 0.459 e. The molecule has 0 N–H and O–H groups in total. The molecule has 0 aliphatic carbocycles. The van der Waals surface area contributed by atoms with E-state index in [1.165, 1.54) is 37.9 Å². The standard InChI is InChI=1S/C27H19NO2/c1-17(30-27(29)22-7-5-18(16-28)6-8-22)15-23-12-11-21-10-9-19-3-2-4-20-13-14-24(23)26(21)25(19)20/h2-14,17H,15H2,1H3. The number of nitriles is 1. The molecule has 0 amide bonds. The average molecular weight is 389 g/mol. The van der Waals surface area contributed by atoms with Gasteiger partial charge in [-0.25, -0.2) is 4.79 Å². The molecule has 0 fully saturated rings. The molecule has 3 heteroatoms. The van der Waals surface area contributed by atoms with Crippen LogP contribution < -0.4 is 0 Å². The van der Waals surface area contributed by atoms with E-state index in [0.29, 0.717) is 17.5 Å². The molecule has 0 aliphatic heterocycles. The van der Waals surface area contributed by atoms with Crippen LogP contribution in [0.5, 0.6) is 0 Å². The van der Waals surface area contributed by atoms with Gasteiger partial charge in [-0.3, -0.25) is 0 Å². The summed E-state index contributed by atoms with van der Waals surface area (Å²) >= 11 is 0. The number of ether oxygens (including phenoxy) is 1. The Balaban J connectivity index is 1.46. The van der Waals surface area contributed by atoms with E-state index in [0.717, 1.165) is 0 Å². The fourth-order valence-electron chi connectivity index (χ4n) is 4.26. The molecular weight excluding hydrogens is 370 g/mol. The minimum Gasteiger partial charge on any atom is -0.459 e. The fraction of sp³-hybridized carbons (Fsp3) is 0.111. The summed E-state index contributed by atoms with van der Waals surface area (Å²) in [5, 5.41) is 16.4. The summed E-state index contributed by atoms with van der Waals surface area (Å²) in [5.74, 6) is -0.371. The average Bonchev–Trinajstić information content (AvgIpc) is 2.78. The minimum atomic E-state index is -0.371. The molecule has 3 nitrogen and oxygen atoms in total. The maximum Gasteiger partial charge on any atom is 0.338 e. The van der Waals surface area contributed by atoms with Crippen LogP contribution in [0.4, 0.5) is 0 Å². The first-order valence-corrected chi connectivity index (χ1v) is 10.0. The van der Waals surface area contributed by atoms with Crippen LogP contribution >= 0.6 is 0 Å². The Morgan fingerprint density at radius 3 is 2.20 bits per heavy atom. The maximum atomic E-state index is 12.5. The number of benzene rings is 5. The van der Waals surface area contributed by atoms with Gasteiger partial charge in [0.1, 0.15) is 6.10 Å². The highest BCUT2D eigenvalue weighted by Crippen LogP contribution is 2.36. The SMILES string of the molecule is CC(Cc1ccc2ccc3cccc4ccc1c2c34)OC(=O)c1ccc(C#N)cc1.